The van der Waals surface area contributed by atoms with Crippen LogP contribution in [0.1, 0.15) is 12.5 Å². The monoisotopic (exact) mass is 270 g/mol. The van der Waals surface area contributed by atoms with Crippen molar-refractivity contribution in [1.29, 1.82) is 0 Å². The molecule has 0 radical (unpaired) electrons. The molecule has 0 aliphatic rings. The molecule has 0 saturated heterocycles. The molecule has 0 fully saturated rings. The zero-order chi connectivity index (χ0) is 11.3. The number of benzene rings is 1. The summed E-state index contributed by atoms with van der Waals surface area (Å²) in [6, 6.07) is 9.34. The average Bonchev–Trinajstić information content (AvgIpc) is 2.26. The molecular weight excluding hydrogens is 260 g/mol. The molecule has 15 heavy (non-hydrogen) atoms. The Kier molecular flexibility index (Phi) is 4.37. The van der Waals surface area contributed by atoms with E-state index in [4.69, 9.17) is 9.84 Å². The fraction of sp³-hybridized carbons (Fsp3) is 0.182. The number of allylic oxidation sites excluding steroid dienone is 1. The standard InChI is InChI=1S/C11H11BrO3/c1-8(13)10(12)11(14)15-7-9-5-3-2-4-6-9/h2-6,13H,7H2,1H3/b10-8-. The van der Waals surface area contributed by atoms with E-state index >= 15 is 0 Å². The second-order valence-electron chi connectivity index (χ2n) is 2.96. The quantitative estimate of drug-likeness (QED) is 0.522. The summed E-state index contributed by atoms with van der Waals surface area (Å²) in [7, 11) is 0. The van der Waals surface area contributed by atoms with E-state index in [0.29, 0.717) is 0 Å². The van der Waals surface area contributed by atoms with Gasteiger partial charge in [0.05, 0.1) is 0 Å². The summed E-state index contributed by atoms with van der Waals surface area (Å²) in [5.41, 5.74) is 0.904. The number of rotatable bonds is 3. The Morgan fingerprint density at radius 2 is 2.00 bits per heavy atom. The van der Waals surface area contributed by atoms with E-state index < -0.39 is 5.97 Å². The van der Waals surface area contributed by atoms with Crippen molar-refractivity contribution in [3.8, 4) is 0 Å². The highest BCUT2D eigenvalue weighted by Crippen LogP contribution is 2.12. The Bertz CT molecular complexity index is 367. The summed E-state index contributed by atoms with van der Waals surface area (Å²) in [6.45, 7) is 1.61. The van der Waals surface area contributed by atoms with Gasteiger partial charge in [-0.25, -0.2) is 4.79 Å². The lowest BCUT2D eigenvalue weighted by Crippen LogP contribution is -2.05. The SMILES string of the molecule is C/C(O)=C(/Br)C(=O)OCc1ccccc1. The van der Waals surface area contributed by atoms with Crippen LogP contribution in [0.15, 0.2) is 40.6 Å². The van der Waals surface area contributed by atoms with Gasteiger partial charge in [0, 0.05) is 0 Å². The fourth-order valence-corrected chi connectivity index (χ4v) is 1.05. The van der Waals surface area contributed by atoms with Gasteiger partial charge in [0.15, 0.2) is 0 Å². The van der Waals surface area contributed by atoms with E-state index in [0.717, 1.165) is 5.56 Å². The van der Waals surface area contributed by atoms with Crippen molar-refractivity contribution in [3.63, 3.8) is 0 Å². The second kappa shape index (κ2) is 5.56. The molecule has 0 saturated carbocycles. The van der Waals surface area contributed by atoms with Crippen molar-refractivity contribution in [2.75, 3.05) is 0 Å². The highest BCUT2D eigenvalue weighted by Gasteiger charge is 2.10. The molecule has 0 amide bonds. The normalized spacial score (nSPS) is 11.9. The van der Waals surface area contributed by atoms with Gasteiger partial charge in [-0.15, -0.1) is 0 Å². The molecule has 3 nitrogen and oxygen atoms in total. The lowest BCUT2D eigenvalue weighted by molar-refractivity contribution is -0.139. The molecular formula is C11H11BrO3. The van der Waals surface area contributed by atoms with Crippen LogP contribution in [-0.4, -0.2) is 11.1 Å². The number of ether oxygens (including phenoxy) is 1. The van der Waals surface area contributed by atoms with Crippen LogP contribution >= 0.6 is 15.9 Å². The highest BCUT2D eigenvalue weighted by molar-refractivity contribution is 9.12. The van der Waals surface area contributed by atoms with Gasteiger partial charge in [0.2, 0.25) is 0 Å². The molecule has 0 atom stereocenters. The summed E-state index contributed by atoms with van der Waals surface area (Å²) in [5, 5.41) is 9.02. The maximum absolute atomic E-state index is 11.3. The zero-order valence-electron chi connectivity index (χ0n) is 8.24. The molecule has 0 bridgehead atoms. The zero-order valence-corrected chi connectivity index (χ0v) is 9.82. The van der Waals surface area contributed by atoms with Crippen molar-refractivity contribution >= 4 is 21.9 Å². The van der Waals surface area contributed by atoms with Crippen LogP contribution in [0.25, 0.3) is 0 Å². The molecule has 0 aliphatic carbocycles. The first-order valence-corrected chi connectivity index (χ1v) is 5.17. The van der Waals surface area contributed by atoms with Gasteiger partial charge in [-0.1, -0.05) is 30.3 Å². The minimum atomic E-state index is -0.571. The van der Waals surface area contributed by atoms with Gasteiger partial charge < -0.3 is 9.84 Å². The first kappa shape index (κ1) is 11.8. The molecule has 0 aromatic heterocycles. The molecule has 1 aromatic rings. The van der Waals surface area contributed by atoms with Crippen molar-refractivity contribution in [2.45, 2.75) is 13.5 Å². The van der Waals surface area contributed by atoms with Crippen molar-refractivity contribution in [3.05, 3.63) is 46.1 Å². The van der Waals surface area contributed by atoms with Gasteiger partial charge in [0.25, 0.3) is 0 Å². The third kappa shape index (κ3) is 3.75. The number of hydrogen-bond donors (Lipinski definition) is 1. The Morgan fingerprint density at radius 1 is 1.40 bits per heavy atom. The van der Waals surface area contributed by atoms with Crippen LogP contribution in [0.2, 0.25) is 0 Å². The van der Waals surface area contributed by atoms with Crippen LogP contribution in [-0.2, 0) is 16.1 Å². The largest absolute Gasteiger partial charge is 0.511 e. The Morgan fingerprint density at radius 3 is 2.53 bits per heavy atom. The number of aliphatic hydroxyl groups is 1. The molecule has 1 rings (SSSR count). The average molecular weight is 271 g/mol. The summed E-state index contributed by atoms with van der Waals surface area (Å²) in [5.74, 6) is -0.660. The first-order chi connectivity index (χ1) is 7.11. The molecule has 0 unspecified atom stereocenters. The van der Waals surface area contributed by atoms with E-state index in [1.54, 1.807) is 0 Å². The first-order valence-electron chi connectivity index (χ1n) is 4.37. The van der Waals surface area contributed by atoms with Crippen LogP contribution in [0, 0.1) is 0 Å². The second-order valence-corrected chi connectivity index (χ2v) is 3.75. The summed E-state index contributed by atoms with van der Waals surface area (Å²) < 4.78 is 5.00. The van der Waals surface area contributed by atoms with E-state index in [1.807, 2.05) is 30.3 Å². The molecule has 0 spiro atoms. The van der Waals surface area contributed by atoms with Crippen LogP contribution in [0.4, 0.5) is 0 Å². The van der Waals surface area contributed by atoms with Gasteiger partial charge in [0.1, 0.15) is 16.8 Å². The number of hydrogen-bond acceptors (Lipinski definition) is 3. The number of aliphatic hydroxyl groups excluding tert-OH is 1. The number of carbonyl (C=O) groups excluding carboxylic acids is 1. The van der Waals surface area contributed by atoms with Gasteiger partial charge in [-0.05, 0) is 28.4 Å². The number of esters is 1. The van der Waals surface area contributed by atoms with Crippen molar-refractivity contribution in [1.82, 2.24) is 0 Å². The molecule has 1 N–H and O–H groups in total. The summed E-state index contributed by atoms with van der Waals surface area (Å²) in [4.78, 5) is 11.3. The summed E-state index contributed by atoms with van der Waals surface area (Å²) >= 11 is 2.94. The maximum atomic E-state index is 11.3. The molecule has 0 aliphatic heterocycles. The Hall–Kier alpha value is -1.29. The van der Waals surface area contributed by atoms with Crippen molar-refractivity contribution in [2.24, 2.45) is 0 Å². The van der Waals surface area contributed by atoms with Crippen LogP contribution < -0.4 is 0 Å². The molecule has 4 heteroatoms. The number of halogens is 1. The maximum Gasteiger partial charge on any atom is 0.349 e. The van der Waals surface area contributed by atoms with Crippen LogP contribution in [0.3, 0.4) is 0 Å². The predicted molar refractivity (Wildman–Crippen MR) is 60.5 cm³/mol. The highest BCUT2D eigenvalue weighted by atomic mass is 79.9. The lowest BCUT2D eigenvalue weighted by atomic mass is 10.2. The number of carbonyl (C=O) groups is 1. The van der Waals surface area contributed by atoms with Gasteiger partial charge in [-0.2, -0.15) is 0 Å². The van der Waals surface area contributed by atoms with E-state index in [-0.39, 0.29) is 16.8 Å². The van der Waals surface area contributed by atoms with Crippen LogP contribution in [0.5, 0.6) is 0 Å². The lowest BCUT2D eigenvalue weighted by Gasteiger charge is -2.04. The minimum absolute atomic E-state index is 0.0541. The topological polar surface area (TPSA) is 46.5 Å². The van der Waals surface area contributed by atoms with Gasteiger partial charge >= 0.3 is 5.97 Å². The minimum Gasteiger partial charge on any atom is -0.511 e. The third-order valence-electron chi connectivity index (χ3n) is 1.71. The Labute approximate surface area is 96.5 Å². The van der Waals surface area contributed by atoms with Gasteiger partial charge in [-0.3, -0.25) is 0 Å². The summed E-state index contributed by atoms with van der Waals surface area (Å²) in [6.07, 6.45) is 0. The predicted octanol–water partition coefficient (Wildman–Crippen LogP) is 2.91. The fourth-order valence-electron chi connectivity index (χ4n) is 0.934. The molecule has 0 heterocycles. The smallest absolute Gasteiger partial charge is 0.349 e. The van der Waals surface area contributed by atoms with E-state index in [2.05, 4.69) is 15.9 Å². The van der Waals surface area contributed by atoms with E-state index in [9.17, 15) is 4.79 Å². The van der Waals surface area contributed by atoms with Crippen molar-refractivity contribution < 1.29 is 14.6 Å². The molecule has 1 aromatic carbocycles. The Balaban J connectivity index is 2.52. The third-order valence-corrected chi connectivity index (χ3v) is 2.61. The molecule has 80 valence electrons. The van der Waals surface area contributed by atoms with E-state index in [1.165, 1.54) is 6.92 Å².